The first-order valence-corrected chi connectivity index (χ1v) is 6.48. The van der Waals surface area contributed by atoms with Crippen molar-refractivity contribution in [1.82, 2.24) is 4.98 Å². The number of pyridine rings is 1. The van der Waals surface area contributed by atoms with Gasteiger partial charge in [-0.05, 0) is 31.4 Å². The van der Waals surface area contributed by atoms with Crippen LogP contribution in [0.2, 0.25) is 5.15 Å². The van der Waals surface area contributed by atoms with Crippen LogP contribution in [-0.4, -0.2) is 10.7 Å². The maximum Gasteiger partial charge on any atom is 0.0391 e. The molecule has 17 heavy (non-hydrogen) atoms. The molecule has 0 aromatic carbocycles. The van der Waals surface area contributed by atoms with E-state index >= 15 is 0 Å². The van der Waals surface area contributed by atoms with Crippen LogP contribution in [0.5, 0.6) is 0 Å². The van der Waals surface area contributed by atoms with Crippen molar-refractivity contribution in [2.75, 3.05) is 5.43 Å². The second-order valence-corrected chi connectivity index (χ2v) is 4.98. The Hall–Kier alpha value is 0.0783. The van der Waals surface area contributed by atoms with Gasteiger partial charge in [0.15, 0.2) is 0 Å². The van der Waals surface area contributed by atoms with Crippen LogP contribution < -0.4 is 5.43 Å². The van der Waals surface area contributed by atoms with Gasteiger partial charge >= 0.3 is 0 Å². The molecule has 1 fully saturated rings. The van der Waals surface area contributed by atoms with Crippen LogP contribution in [0.1, 0.15) is 32.1 Å². The summed E-state index contributed by atoms with van der Waals surface area (Å²) < 4.78 is 0.767. The number of nitrogens with zero attached hydrogens (tertiary/aromatic N) is 2. The monoisotopic (exact) mass is 484 g/mol. The summed E-state index contributed by atoms with van der Waals surface area (Å²) >= 11 is 9.22. The van der Waals surface area contributed by atoms with Gasteiger partial charge in [-0.25, -0.2) is 0 Å². The first-order valence-electron chi connectivity index (χ1n) is 5.31. The number of hydrogen-bond donors (Lipinski definition) is 1. The fourth-order valence-corrected chi connectivity index (χ4v) is 2.13. The van der Waals surface area contributed by atoms with Crippen LogP contribution in [0.25, 0.3) is 0 Å². The van der Waals surface area contributed by atoms with Gasteiger partial charge in [-0.3, -0.25) is 5.43 Å². The van der Waals surface area contributed by atoms with Gasteiger partial charge in [-0.15, -0.1) is 17.7 Å². The third kappa shape index (κ3) is 4.69. The van der Waals surface area contributed by atoms with E-state index in [1.165, 1.54) is 25.0 Å². The largest absolute Gasteiger partial charge is 0.373 e. The molecule has 0 saturated heterocycles. The summed E-state index contributed by atoms with van der Waals surface area (Å²) in [6, 6.07) is 1.82. The summed E-state index contributed by atoms with van der Waals surface area (Å²) in [6.45, 7) is 0. The molecule has 0 unspecified atom stereocenters. The number of aromatic nitrogens is 1. The predicted octanol–water partition coefficient (Wildman–Crippen LogP) is 4.03. The molecule has 0 aliphatic heterocycles. The molecule has 1 N–H and O–H groups in total. The van der Waals surface area contributed by atoms with E-state index in [9.17, 15) is 0 Å². The molecule has 1 heterocycles. The molecule has 0 spiro atoms. The van der Waals surface area contributed by atoms with Crippen molar-refractivity contribution in [1.29, 1.82) is 0 Å². The summed E-state index contributed by atoms with van der Waals surface area (Å²) in [5, 5.41) is 4.75. The number of hydrazone groups is 1. The summed E-state index contributed by atoms with van der Waals surface area (Å²) in [5.41, 5.74) is 4.89. The fourth-order valence-electron chi connectivity index (χ4n) is 1.67. The van der Waals surface area contributed by atoms with E-state index in [4.69, 9.17) is 11.6 Å². The minimum absolute atomic E-state index is 0. The van der Waals surface area contributed by atoms with Crippen molar-refractivity contribution in [3.05, 3.63) is 21.9 Å². The molecule has 92 valence electrons. The summed E-state index contributed by atoms with van der Waals surface area (Å²) in [4.78, 5) is 3.90. The molecule has 1 aliphatic rings. The summed E-state index contributed by atoms with van der Waals surface area (Å²) in [7, 11) is 0. The van der Waals surface area contributed by atoms with E-state index < -0.39 is 0 Å². The van der Waals surface area contributed by atoms with Gasteiger partial charge < -0.3 is 4.98 Å². The van der Waals surface area contributed by atoms with E-state index in [0.717, 1.165) is 17.3 Å². The Balaban J connectivity index is 0.00000144. The van der Waals surface area contributed by atoms with Crippen LogP contribution >= 0.6 is 27.5 Å². The Bertz CT molecular complexity index is 404. The van der Waals surface area contributed by atoms with Gasteiger partial charge in [0.05, 0.1) is 0 Å². The molecule has 0 atom stereocenters. The molecule has 1 saturated carbocycles. The molecule has 0 amide bonds. The smallest absolute Gasteiger partial charge is 0.0391 e. The van der Waals surface area contributed by atoms with Gasteiger partial charge in [-0.2, -0.15) is 5.10 Å². The molecular weight excluding hydrogens is 473 g/mol. The molecule has 0 radical (unpaired) electrons. The summed E-state index contributed by atoms with van der Waals surface area (Å²) in [5.74, 6) is 0. The zero-order chi connectivity index (χ0) is 11.4. The molecule has 1 aromatic heterocycles. The van der Waals surface area contributed by atoms with Crippen molar-refractivity contribution in [3.8, 4) is 0 Å². The Labute approximate surface area is 129 Å². The Morgan fingerprint density at radius 1 is 1.35 bits per heavy atom. The zero-order valence-electron chi connectivity index (χ0n) is 9.17. The van der Waals surface area contributed by atoms with E-state index in [0.29, 0.717) is 10.8 Å². The standard InChI is InChI=1S/C11H12BrClN3.W/c12-8-6-10(11(13)14-7-8)16-15-9-4-2-1-3-5-9;/h6,16H,1-5H2;/q-1;. The Morgan fingerprint density at radius 2 is 2.06 bits per heavy atom. The van der Waals surface area contributed by atoms with Crippen molar-refractivity contribution in [2.24, 2.45) is 5.10 Å². The van der Waals surface area contributed by atoms with Crippen LogP contribution in [0, 0.1) is 6.20 Å². The van der Waals surface area contributed by atoms with Gasteiger partial charge in [0.1, 0.15) is 0 Å². The van der Waals surface area contributed by atoms with Gasteiger partial charge in [0.2, 0.25) is 0 Å². The fraction of sp³-hybridized carbons (Fsp3) is 0.455. The number of halogens is 2. The molecule has 3 nitrogen and oxygen atoms in total. The van der Waals surface area contributed by atoms with Crippen LogP contribution in [-0.2, 0) is 21.1 Å². The zero-order valence-corrected chi connectivity index (χ0v) is 14.4. The Kier molecular flexibility index (Phi) is 6.68. The van der Waals surface area contributed by atoms with E-state index in [-0.39, 0.29) is 21.1 Å². The molecule has 0 bridgehead atoms. The molecule has 6 heteroatoms. The van der Waals surface area contributed by atoms with Gasteiger partial charge in [0.25, 0.3) is 0 Å². The second kappa shape index (κ2) is 7.50. The van der Waals surface area contributed by atoms with Crippen molar-refractivity contribution in [3.63, 3.8) is 0 Å². The van der Waals surface area contributed by atoms with Crippen molar-refractivity contribution < 1.29 is 21.1 Å². The van der Waals surface area contributed by atoms with Gasteiger partial charge in [-0.1, -0.05) is 33.0 Å². The van der Waals surface area contributed by atoms with Crippen LogP contribution in [0.4, 0.5) is 5.69 Å². The third-order valence-corrected chi connectivity index (χ3v) is 3.21. The third-order valence-electron chi connectivity index (χ3n) is 2.52. The minimum Gasteiger partial charge on any atom is -0.373 e. The van der Waals surface area contributed by atoms with E-state index in [1.54, 1.807) is 0 Å². The average Bonchev–Trinajstić information content (AvgIpc) is 2.32. The molecule has 2 rings (SSSR count). The quantitative estimate of drug-likeness (QED) is 0.390. The topological polar surface area (TPSA) is 37.3 Å². The van der Waals surface area contributed by atoms with Crippen LogP contribution in [0.3, 0.4) is 0 Å². The van der Waals surface area contributed by atoms with Gasteiger partial charge in [0, 0.05) is 31.9 Å². The first kappa shape index (κ1) is 15.1. The van der Waals surface area contributed by atoms with Crippen molar-refractivity contribution >= 4 is 38.9 Å². The Morgan fingerprint density at radius 3 is 2.76 bits per heavy atom. The minimum atomic E-state index is 0. The number of nitrogens with one attached hydrogen (secondary N) is 1. The SMILES string of the molecule is Clc1n[c-]c(Br)cc1NN=C1CCCCC1.[W]. The average molecular weight is 485 g/mol. The van der Waals surface area contributed by atoms with Crippen LogP contribution in [0.15, 0.2) is 15.6 Å². The molecule has 1 aliphatic carbocycles. The first-order chi connectivity index (χ1) is 7.75. The van der Waals surface area contributed by atoms with Crippen molar-refractivity contribution in [2.45, 2.75) is 32.1 Å². The molecular formula is C11H12BrClN3W-. The predicted molar refractivity (Wildman–Crippen MR) is 69.9 cm³/mol. The maximum atomic E-state index is 5.92. The molecule has 1 aromatic rings. The normalized spacial score (nSPS) is 15.1. The number of anilines is 1. The number of hydrogen-bond acceptors (Lipinski definition) is 3. The second-order valence-electron chi connectivity index (χ2n) is 3.77. The maximum absolute atomic E-state index is 5.92. The number of rotatable bonds is 2. The van der Waals surface area contributed by atoms with E-state index in [1.807, 2.05) is 6.07 Å². The summed E-state index contributed by atoms with van der Waals surface area (Å²) in [6.07, 6.45) is 8.67. The van der Waals surface area contributed by atoms with E-state index in [2.05, 4.69) is 37.6 Å².